The maximum atomic E-state index is 12.5. The summed E-state index contributed by atoms with van der Waals surface area (Å²) >= 11 is 1.61. The molecule has 1 heterocycles. The average molecular weight is 368 g/mol. The summed E-state index contributed by atoms with van der Waals surface area (Å²) in [7, 11) is -2.38. The highest BCUT2D eigenvalue weighted by molar-refractivity contribution is 7.91. The summed E-state index contributed by atoms with van der Waals surface area (Å²) < 4.78 is 30.2. The minimum absolute atomic E-state index is 0.0286. The number of sulfone groups is 1. The van der Waals surface area contributed by atoms with Crippen LogP contribution < -0.4 is 15.8 Å². The maximum Gasteiger partial charge on any atom is 0.313 e. The molecule has 6 nitrogen and oxygen atoms in total. The summed E-state index contributed by atoms with van der Waals surface area (Å²) in [6, 6.07) is 8.14. The minimum Gasteiger partial charge on any atom is -0.495 e. The van der Waals surface area contributed by atoms with E-state index in [1.807, 2.05) is 37.4 Å². The summed E-state index contributed by atoms with van der Waals surface area (Å²) in [4.78, 5) is 12.0. The van der Waals surface area contributed by atoms with E-state index in [0.717, 1.165) is 10.4 Å². The summed E-state index contributed by atoms with van der Waals surface area (Å²) in [5.41, 5.74) is 5.44. The first-order chi connectivity index (χ1) is 11.2. The number of hydrogen-bond donors (Lipinski definition) is 2. The fraction of sp³-hybridized carbons (Fsp3) is 0.312. The van der Waals surface area contributed by atoms with E-state index in [1.165, 1.54) is 7.11 Å². The van der Waals surface area contributed by atoms with E-state index in [9.17, 15) is 13.2 Å². The normalized spacial score (nSPS) is 12.0. The van der Waals surface area contributed by atoms with Gasteiger partial charge in [0.15, 0.2) is 9.84 Å². The molecule has 0 aliphatic carbocycles. The van der Waals surface area contributed by atoms with Crippen LogP contribution in [0.25, 0.3) is 0 Å². The zero-order valence-electron chi connectivity index (χ0n) is 13.7. The largest absolute Gasteiger partial charge is 0.495 e. The van der Waals surface area contributed by atoms with Gasteiger partial charge in [0, 0.05) is 10.3 Å². The molecule has 0 spiro atoms. The first-order valence-corrected chi connectivity index (χ1v) is 9.70. The number of benzene rings is 1. The topological polar surface area (TPSA) is 98.5 Å². The van der Waals surface area contributed by atoms with Crippen molar-refractivity contribution in [2.75, 3.05) is 13.0 Å². The number of primary amides is 1. The van der Waals surface area contributed by atoms with Gasteiger partial charge in [0.1, 0.15) is 16.5 Å². The number of thiophene rings is 1. The molecule has 0 radical (unpaired) electrons. The minimum atomic E-state index is -3.78. The van der Waals surface area contributed by atoms with Crippen molar-refractivity contribution in [3.8, 4) is 5.75 Å². The number of ether oxygens (including phenoxy) is 1. The molecule has 1 aromatic carbocycles. The Balaban J connectivity index is 2.50. The van der Waals surface area contributed by atoms with E-state index < -0.39 is 21.7 Å². The van der Waals surface area contributed by atoms with Gasteiger partial charge in [0.2, 0.25) is 0 Å². The molecule has 8 heteroatoms. The van der Waals surface area contributed by atoms with Crippen LogP contribution in [0.15, 0.2) is 40.6 Å². The molecule has 0 atom stereocenters. The van der Waals surface area contributed by atoms with Gasteiger partial charge in [-0.05, 0) is 29.1 Å². The molecule has 24 heavy (non-hydrogen) atoms. The highest BCUT2D eigenvalue weighted by Crippen LogP contribution is 2.37. The second-order valence-electron chi connectivity index (χ2n) is 5.77. The van der Waals surface area contributed by atoms with Crippen LogP contribution in [0, 0.1) is 0 Å². The highest BCUT2D eigenvalue weighted by atomic mass is 32.2. The van der Waals surface area contributed by atoms with E-state index in [1.54, 1.807) is 23.5 Å². The Labute approximate surface area is 145 Å². The molecular weight excluding hydrogens is 348 g/mol. The zero-order chi connectivity index (χ0) is 18.0. The van der Waals surface area contributed by atoms with Gasteiger partial charge in [0.05, 0.1) is 7.11 Å². The van der Waals surface area contributed by atoms with Crippen molar-refractivity contribution in [2.45, 2.75) is 24.2 Å². The Kier molecular flexibility index (Phi) is 5.19. The number of urea groups is 1. The number of carbonyl (C=O) groups excluding carboxylic acids is 1. The summed E-state index contributed by atoms with van der Waals surface area (Å²) in [6.07, 6.45) is 0. The molecule has 2 rings (SSSR count). The van der Waals surface area contributed by atoms with E-state index in [0.29, 0.717) is 0 Å². The molecule has 0 bridgehead atoms. The maximum absolute atomic E-state index is 12.5. The van der Waals surface area contributed by atoms with Gasteiger partial charge < -0.3 is 15.8 Å². The van der Waals surface area contributed by atoms with Gasteiger partial charge in [-0.15, -0.1) is 11.3 Å². The van der Waals surface area contributed by atoms with Crippen molar-refractivity contribution in [1.82, 2.24) is 5.32 Å². The quantitative estimate of drug-likeness (QED) is 0.818. The predicted octanol–water partition coefficient (Wildman–Crippen LogP) is 2.48. The molecule has 130 valence electrons. The number of carbonyl (C=O) groups is 1. The fourth-order valence-electron chi connectivity index (χ4n) is 2.33. The molecule has 0 aliphatic heterocycles. The molecular formula is C16H20N2O4S2. The highest BCUT2D eigenvalue weighted by Gasteiger charge is 2.28. The molecule has 0 saturated heterocycles. The smallest absolute Gasteiger partial charge is 0.313 e. The standard InChI is InChI=1S/C16H20N2O4S2/c1-16(2,14-5-4-8-23-14)11-6-7-12(22-3)13(9-11)24(20,21)10-18-15(17)19/h4-9H,10H2,1-3H3,(H3,17,18,19). The van der Waals surface area contributed by atoms with E-state index >= 15 is 0 Å². The van der Waals surface area contributed by atoms with Crippen LogP contribution in [0.2, 0.25) is 0 Å². The third-order valence-corrected chi connectivity index (χ3v) is 6.50. The monoisotopic (exact) mass is 368 g/mol. The van der Waals surface area contributed by atoms with Gasteiger partial charge in [-0.1, -0.05) is 26.0 Å². The van der Waals surface area contributed by atoms with Crippen LogP contribution in [0.3, 0.4) is 0 Å². The molecule has 2 aromatic rings. The molecule has 0 unspecified atom stereocenters. The van der Waals surface area contributed by atoms with E-state index in [-0.39, 0.29) is 16.1 Å². The molecule has 2 amide bonds. The van der Waals surface area contributed by atoms with E-state index in [2.05, 4.69) is 5.32 Å². The third kappa shape index (κ3) is 3.70. The number of methoxy groups -OCH3 is 1. The van der Waals surface area contributed by atoms with Crippen LogP contribution >= 0.6 is 11.3 Å². The van der Waals surface area contributed by atoms with Gasteiger partial charge >= 0.3 is 6.03 Å². The summed E-state index contributed by atoms with van der Waals surface area (Å²) in [6.45, 7) is 4.05. The van der Waals surface area contributed by atoms with Crippen LogP contribution in [-0.2, 0) is 15.3 Å². The lowest BCUT2D eigenvalue weighted by atomic mass is 9.83. The van der Waals surface area contributed by atoms with Gasteiger partial charge in [-0.25, -0.2) is 13.2 Å². The number of nitrogens with two attached hydrogens (primary N) is 1. The lowest BCUT2D eigenvalue weighted by molar-refractivity contribution is 0.250. The van der Waals surface area contributed by atoms with Crippen LogP contribution in [-0.4, -0.2) is 27.4 Å². The molecule has 0 aliphatic rings. The number of rotatable bonds is 6. The SMILES string of the molecule is COc1ccc(C(C)(C)c2cccs2)cc1S(=O)(=O)CNC(N)=O. The lowest BCUT2D eigenvalue weighted by Gasteiger charge is -2.25. The Morgan fingerprint density at radius 1 is 1.33 bits per heavy atom. The number of amides is 2. The van der Waals surface area contributed by atoms with Crippen molar-refractivity contribution >= 4 is 27.2 Å². The van der Waals surface area contributed by atoms with Gasteiger partial charge in [-0.3, -0.25) is 0 Å². The number of hydrogen-bond acceptors (Lipinski definition) is 5. The second-order valence-corrected chi connectivity index (χ2v) is 8.67. The Bertz CT molecular complexity index is 828. The van der Waals surface area contributed by atoms with Crippen molar-refractivity contribution in [3.05, 3.63) is 46.2 Å². The Morgan fingerprint density at radius 3 is 2.58 bits per heavy atom. The summed E-state index contributed by atoms with van der Waals surface area (Å²) in [5, 5.41) is 4.10. The first-order valence-electron chi connectivity index (χ1n) is 7.17. The molecule has 1 aromatic heterocycles. The van der Waals surface area contributed by atoms with Crippen molar-refractivity contribution in [2.24, 2.45) is 5.73 Å². The van der Waals surface area contributed by atoms with Gasteiger partial charge in [-0.2, -0.15) is 0 Å². The fourth-order valence-corrected chi connectivity index (χ4v) is 4.45. The predicted molar refractivity (Wildman–Crippen MR) is 94.2 cm³/mol. The van der Waals surface area contributed by atoms with E-state index in [4.69, 9.17) is 10.5 Å². The summed E-state index contributed by atoms with van der Waals surface area (Å²) in [5.74, 6) is -0.353. The van der Waals surface area contributed by atoms with Crippen LogP contribution in [0.1, 0.15) is 24.3 Å². The molecule has 0 fully saturated rings. The van der Waals surface area contributed by atoms with Crippen molar-refractivity contribution < 1.29 is 17.9 Å². The van der Waals surface area contributed by atoms with Crippen LogP contribution in [0.5, 0.6) is 5.75 Å². The zero-order valence-corrected chi connectivity index (χ0v) is 15.3. The molecule has 0 saturated carbocycles. The lowest BCUT2D eigenvalue weighted by Crippen LogP contribution is -2.34. The third-order valence-electron chi connectivity index (χ3n) is 3.79. The Morgan fingerprint density at radius 2 is 2.04 bits per heavy atom. The average Bonchev–Trinajstić information content (AvgIpc) is 3.07. The molecule has 3 N–H and O–H groups in total. The first kappa shape index (κ1) is 18.3. The van der Waals surface area contributed by atoms with Crippen molar-refractivity contribution in [1.29, 1.82) is 0 Å². The van der Waals surface area contributed by atoms with Gasteiger partial charge in [0.25, 0.3) is 0 Å². The van der Waals surface area contributed by atoms with Crippen LogP contribution in [0.4, 0.5) is 4.79 Å². The number of nitrogens with one attached hydrogen (secondary N) is 1. The second kappa shape index (κ2) is 6.82. The van der Waals surface area contributed by atoms with Crippen molar-refractivity contribution in [3.63, 3.8) is 0 Å². The Hall–Kier alpha value is -2.06.